The van der Waals surface area contributed by atoms with Gasteiger partial charge in [-0.15, -0.1) is 0 Å². The molecule has 0 saturated heterocycles. The number of halogens is 1. The van der Waals surface area contributed by atoms with Crippen LogP contribution in [-0.2, 0) is 0 Å². The third kappa shape index (κ3) is 4.08. The second kappa shape index (κ2) is 9.60. The van der Waals surface area contributed by atoms with Gasteiger partial charge in [-0.25, -0.2) is 0 Å². The van der Waals surface area contributed by atoms with Crippen LogP contribution < -0.4 is 21.2 Å². The van der Waals surface area contributed by atoms with E-state index in [1.165, 1.54) is 69.7 Å². The maximum absolute atomic E-state index is 2.37. The minimum absolute atomic E-state index is 0.253. The Hall–Kier alpha value is -3.51. The molecule has 39 heavy (non-hydrogen) atoms. The summed E-state index contributed by atoms with van der Waals surface area (Å²) in [7, 11) is 0. The van der Waals surface area contributed by atoms with Gasteiger partial charge in [0.2, 0.25) is 5.77 Å². The molecule has 3 heteroatoms. The van der Waals surface area contributed by atoms with E-state index >= 15 is 0 Å². The zero-order chi connectivity index (χ0) is 25.8. The van der Waals surface area contributed by atoms with Crippen molar-refractivity contribution in [2.24, 2.45) is 0 Å². The van der Waals surface area contributed by atoms with Gasteiger partial charge in [0, 0.05) is 33.0 Å². The van der Waals surface area contributed by atoms with Gasteiger partial charge in [-0.1, -0.05) is 120 Å². The van der Waals surface area contributed by atoms with Crippen LogP contribution in [0.25, 0.3) is 64.0 Å². The van der Waals surface area contributed by atoms with Gasteiger partial charge in [-0.2, -0.15) is 0 Å². The standard InChI is InChI=1S/C36H22IS2/c1-5-13-27-23(9-1)21-24-10-2-6-14-28(24)35(27)31-17-19-33(38-31)37-34-20-18-32(39-34)36-29-15-7-3-11-25(29)22-26-12-4-8-16-30(26)36/h1-22H/q+1. The van der Waals surface area contributed by atoms with E-state index in [0.29, 0.717) is 0 Å². The average molecular weight is 646 g/mol. The summed E-state index contributed by atoms with van der Waals surface area (Å²) in [4.78, 5) is 2.74. The van der Waals surface area contributed by atoms with Crippen LogP contribution in [-0.4, -0.2) is 0 Å². The first-order valence-corrected chi connectivity index (χ1v) is 16.8. The van der Waals surface area contributed by atoms with Gasteiger partial charge in [0.15, 0.2) is 0 Å². The summed E-state index contributed by atoms with van der Waals surface area (Å²) in [6, 6.07) is 49.3. The average Bonchev–Trinajstić information content (AvgIpc) is 3.64. The van der Waals surface area contributed by atoms with Crippen LogP contribution in [0.4, 0.5) is 0 Å². The Balaban J connectivity index is 1.20. The first-order valence-electron chi connectivity index (χ1n) is 13.0. The molecule has 0 aliphatic rings. The summed E-state index contributed by atoms with van der Waals surface area (Å²) in [6.45, 7) is 0. The third-order valence-corrected chi connectivity index (χ3v) is 13.3. The highest BCUT2D eigenvalue weighted by molar-refractivity contribution is 7.14. The van der Waals surface area contributed by atoms with Gasteiger partial charge in [0.05, 0.1) is 0 Å². The predicted octanol–water partition coefficient (Wildman–Crippen LogP) is 7.88. The van der Waals surface area contributed by atoms with Gasteiger partial charge in [0.25, 0.3) is 0 Å². The van der Waals surface area contributed by atoms with E-state index in [-0.39, 0.29) is 21.2 Å². The molecule has 184 valence electrons. The van der Waals surface area contributed by atoms with Crippen molar-refractivity contribution in [1.29, 1.82) is 0 Å². The first kappa shape index (κ1) is 23.4. The summed E-state index contributed by atoms with van der Waals surface area (Å²) in [5, 5.41) is 10.6. The van der Waals surface area contributed by atoms with E-state index in [9.17, 15) is 0 Å². The summed E-state index contributed by atoms with van der Waals surface area (Å²) >= 11 is 3.70. The lowest BCUT2D eigenvalue weighted by molar-refractivity contribution is -0.585. The maximum atomic E-state index is 2.37. The Morgan fingerprint density at radius 1 is 0.359 bits per heavy atom. The van der Waals surface area contributed by atoms with Crippen LogP contribution in [0.15, 0.2) is 133 Å². The Morgan fingerprint density at radius 3 is 1.05 bits per heavy atom. The molecule has 0 spiro atoms. The highest BCUT2D eigenvalue weighted by Crippen LogP contribution is 2.40. The minimum atomic E-state index is -0.253. The summed E-state index contributed by atoms with van der Waals surface area (Å²) in [5.74, 6) is 0. The molecule has 0 amide bonds. The highest BCUT2D eigenvalue weighted by Gasteiger charge is 2.23. The summed E-state index contributed by atoms with van der Waals surface area (Å²) < 4.78 is 3.02. The second-order valence-corrected chi connectivity index (χ2v) is 16.2. The molecule has 0 fully saturated rings. The van der Waals surface area contributed by atoms with E-state index in [1.807, 2.05) is 22.7 Å². The van der Waals surface area contributed by atoms with Crippen molar-refractivity contribution in [3.05, 3.63) is 139 Å². The molecule has 0 bridgehead atoms. The zero-order valence-corrected chi connectivity index (χ0v) is 24.7. The highest BCUT2D eigenvalue weighted by atomic mass is 127. The van der Waals surface area contributed by atoms with Crippen molar-refractivity contribution in [2.45, 2.75) is 0 Å². The van der Waals surface area contributed by atoms with Crippen molar-refractivity contribution < 1.29 is 21.2 Å². The number of rotatable bonds is 4. The third-order valence-electron chi connectivity index (χ3n) is 7.37. The van der Waals surface area contributed by atoms with Gasteiger partial charge in [-0.05, 0) is 67.4 Å². The SMILES string of the molecule is c1ccc2c(-c3ccc([I+]c4ccc(-c5c6ccccc6cc6ccccc56)s4)s3)c3ccccc3cc2c1. The predicted molar refractivity (Wildman–Crippen MR) is 167 cm³/mol. The number of hydrogen-bond acceptors (Lipinski definition) is 2. The van der Waals surface area contributed by atoms with E-state index in [0.717, 1.165) is 0 Å². The van der Waals surface area contributed by atoms with Crippen LogP contribution in [0.3, 0.4) is 0 Å². The van der Waals surface area contributed by atoms with Gasteiger partial charge < -0.3 is 0 Å². The summed E-state index contributed by atoms with van der Waals surface area (Å²) in [6.07, 6.45) is 0. The Bertz CT molecular complexity index is 1900. The molecule has 6 aromatic carbocycles. The van der Waals surface area contributed by atoms with E-state index < -0.39 is 0 Å². The molecule has 0 aliphatic heterocycles. The maximum Gasteiger partial charge on any atom is 0.381 e. The number of fused-ring (bicyclic) bond motifs is 4. The normalized spacial score (nSPS) is 11.7. The Labute approximate surface area is 245 Å². The lowest BCUT2D eigenvalue weighted by atomic mass is 9.96. The molecule has 0 nitrogen and oxygen atoms in total. The van der Waals surface area contributed by atoms with Crippen molar-refractivity contribution in [3.63, 3.8) is 0 Å². The molecule has 8 rings (SSSR count). The lowest BCUT2D eigenvalue weighted by Gasteiger charge is -2.10. The monoisotopic (exact) mass is 645 g/mol. The molecular formula is C36H22IS2+. The van der Waals surface area contributed by atoms with E-state index in [1.54, 1.807) is 0 Å². The largest absolute Gasteiger partial charge is 0.381 e. The molecule has 0 radical (unpaired) electrons. The molecule has 0 aliphatic carbocycles. The smallest absolute Gasteiger partial charge is 0.0875 e. The zero-order valence-electron chi connectivity index (χ0n) is 20.9. The minimum Gasteiger partial charge on any atom is -0.0875 e. The van der Waals surface area contributed by atoms with Gasteiger partial charge in [-0.3, -0.25) is 0 Å². The van der Waals surface area contributed by atoms with Crippen molar-refractivity contribution in [1.82, 2.24) is 0 Å². The van der Waals surface area contributed by atoms with Gasteiger partial charge in [0.1, 0.15) is 0 Å². The Kier molecular flexibility index (Phi) is 5.75. The fourth-order valence-corrected chi connectivity index (χ4v) is 12.1. The number of thiophene rings is 2. The quantitative estimate of drug-likeness (QED) is 0.135. The van der Waals surface area contributed by atoms with Crippen molar-refractivity contribution in [3.8, 4) is 20.9 Å². The molecule has 0 N–H and O–H groups in total. The van der Waals surface area contributed by atoms with Crippen LogP contribution in [0, 0.1) is 5.77 Å². The van der Waals surface area contributed by atoms with Crippen LogP contribution in [0.1, 0.15) is 0 Å². The topological polar surface area (TPSA) is 0 Å². The molecule has 0 atom stereocenters. The molecular weight excluding hydrogens is 623 g/mol. The lowest BCUT2D eigenvalue weighted by Crippen LogP contribution is -3.61. The van der Waals surface area contributed by atoms with Crippen LogP contribution in [0.5, 0.6) is 0 Å². The van der Waals surface area contributed by atoms with E-state index in [4.69, 9.17) is 0 Å². The number of benzene rings is 6. The van der Waals surface area contributed by atoms with Crippen molar-refractivity contribution in [2.75, 3.05) is 0 Å². The van der Waals surface area contributed by atoms with Crippen LogP contribution in [0.2, 0.25) is 0 Å². The molecule has 0 saturated carbocycles. The van der Waals surface area contributed by atoms with Crippen LogP contribution >= 0.6 is 22.7 Å². The first-order chi connectivity index (χ1) is 19.3. The fourth-order valence-electron chi connectivity index (χ4n) is 5.65. The summed E-state index contributed by atoms with van der Waals surface area (Å²) in [5.41, 5.74) is 2.75. The van der Waals surface area contributed by atoms with Gasteiger partial charge >= 0.3 is 21.2 Å². The molecule has 2 aromatic heterocycles. The molecule has 0 unspecified atom stereocenters. The molecule has 2 heterocycles. The fraction of sp³-hybridized carbons (Fsp3) is 0. The second-order valence-electron chi connectivity index (χ2n) is 9.69. The number of hydrogen-bond donors (Lipinski definition) is 0. The van der Waals surface area contributed by atoms with Crippen molar-refractivity contribution >= 4 is 65.8 Å². The Morgan fingerprint density at radius 2 is 0.692 bits per heavy atom. The molecule has 8 aromatic rings. The van der Waals surface area contributed by atoms with E-state index in [2.05, 4.69) is 133 Å².